The first-order valence-corrected chi connectivity index (χ1v) is 11.3. The largest absolute Gasteiger partial charge is 0.357 e. The van der Waals surface area contributed by atoms with E-state index in [0.29, 0.717) is 19.5 Å². The molecule has 3 rings (SSSR count). The lowest BCUT2D eigenvalue weighted by atomic mass is 9.85. The Kier molecular flexibility index (Phi) is 7.70. The van der Waals surface area contributed by atoms with E-state index in [2.05, 4.69) is 46.6 Å². The molecule has 3 aliphatic rings. The Bertz CT molecular complexity index is 617. The number of allylic oxidation sites excluding steroid dienone is 2. The number of hydrogen-bond acceptors (Lipinski definition) is 4. The van der Waals surface area contributed by atoms with Crippen molar-refractivity contribution in [2.24, 2.45) is 28.7 Å². The summed E-state index contributed by atoms with van der Waals surface area (Å²) in [6, 6.07) is 0. The lowest BCUT2D eigenvalue weighted by Crippen LogP contribution is -2.41. The first-order valence-electron chi connectivity index (χ1n) is 11.3. The van der Waals surface area contributed by atoms with Crippen LogP contribution in [0.2, 0.25) is 0 Å². The lowest BCUT2D eigenvalue weighted by Gasteiger charge is -2.18. The monoisotopic (exact) mass is 403 g/mol. The minimum Gasteiger partial charge on any atom is -0.357 e. The molecule has 2 N–H and O–H groups in total. The molecule has 162 valence electrons. The first-order chi connectivity index (χ1) is 14.1. The third-order valence-corrected chi connectivity index (χ3v) is 6.39. The van der Waals surface area contributed by atoms with E-state index >= 15 is 0 Å². The normalized spacial score (nSPS) is 28.0. The summed E-state index contributed by atoms with van der Waals surface area (Å²) in [5.41, 5.74) is 0. The molecule has 2 fully saturated rings. The van der Waals surface area contributed by atoms with Gasteiger partial charge < -0.3 is 15.5 Å². The van der Waals surface area contributed by atoms with Gasteiger partial charge in [-0.05, 0) is 51.6 Å². The summed E-state index contributed by atoms with van der Waals surface area (Å²) in [5, 5.41) is 6.63. The van der Waals surface area contributed by atoms with Crippen LogP contribution >= 0.6 is 0 Å². The Morgan fingerprint density at radius 1 is 1.10 bits per heavy atom. The van der Waals surface area contributed by atoms with Crippen molar-refractivity contribution >= 4 is 17.8 Å². The maximum Gasteiger partial charge on any atom is 0.233 e. The molecule has 4 unspecified atom stereocenters. The van der Waals surface area contributed by atoms with Crippen molar-refractivity contribution in [1.82, 2.24) is 20.4 Å². The van der Waals surface area contributed by atoms with Crippen molar-refractivity contribution in [2.45, 2.75) is 39.5 Å². The molecule has 7 nitrogen and oxygen atoms in total. The SMILES string of the molecule is CCCCN(C)CCNC(=NCCCN1C(=O)C2C3C=CC(C3)C2C1=O)NCC. The van der Waals surface area contributed by atoms with E-state index in [1.54, 1.807) is 0 Å². The quantitative estimate of drug-likeness (QED) is 0.180. The fourth-order valence-corrected chi connectivity index (χ4v) is 4.85. The van der Waals surface area contributed by atoms with Crippen LogP contribution in [0.3, 0.4) is 0 Å². The Balaban J connectivity index is 1.41. The highest BCUT2D eigenvalue weighted by Crippen LogP contribution is 2.52. The fraction of sp³-hybridized carbons (Fsp3) is 0.773. The number of rotatable bonds is 11. The van der Waals surface area contributed by atoms with Crippen molar-refractivity contribution in [3.63, 3.8) is 0 Å². The molecule has 0 aromatic rings. The summed E-state index contributed by atoms with van der Waals surface area (Å²) in [5.74, 6) is 1.26. The average molecular weight is 404 g/mol. The Morgan fingerprint density at radius 2 is 1.79 bits per heavy atom. The van der Waals surface area contributed by atoms with Crippen molar-refractivity contribution in [3.05, 3.63) is 12.2 Å². The topological polar surface area (TPSA) is 77.0 Å². The van der Waals surface area contributed by atoms with Crippen molar-refractivity contribution in [3.8, 4) is 0 Å². The minimum atomic E-state index is -0.0929. The number of guanidine groups is 1. The summed E-state index contributed by atoms with van der Waals surface area (Å²) in [6.45, 7) is 9.06. The number of nitrogens with zero attached hydrogens (tertiary/aromatic N) is 3. The minimum absolute atomic E-state index is 0.0426. The molecule has 7 heteroatoms. The van der Waals surface area contributed by atoms with Gasteiger partial charge in [-0.1, -0.05) is 25.5 Å². The van der Waals surface area contributed by atoms with Crippen molar-refractivity contribution in [1.29, 1.82) is 0 Å². The van der Waals surface area contributed by atoms with Crippen LogP contribution in [0.1, 0.15) is 39.5 Å². The van der Waals surface area contributed by atoms with Gasteiger partial charge in [0.25, 0.3) is 0 Å². The van der Waals surface area contributed by atoms with Crippen LogP contribution in [0, 0.1) is 23.7 Å². The van der Waals surface area contributed by atoms with Gasteiger partial charge in [0.1, 0.15) is 0 Å². The predicted octanol–water partition coefficient (Wildman–Crippen LogP) is 1.47. The molecule has 2 aliphatic carbocycles. The standard InChI is InChI=1S/C22H37N5O2/c1-4-6-12-26(3)14-11-25-22(23-5-2)24-10-7-13-27-20(28)18-16-8-9-17(15-16)19(18)21(27)29/h8-9,16-19H,4-7,10-15H2,1-3H3,(H2,23,24,25). The number of carbonyl (C=O) groups excluding carboxylic acids is 2. The summed E-state index contributed by atoms with van der Waals surface area (Å²) in [7, 11) is 2.14. The summed E-state index contributed by atoms with van der Waals surface area (Å²) in [4.78, 5) is 33.8. The maximum absolute atomic E-state index is 12.7. The van der Waals surface area contributed by atoms with E-state index < -0.39 is 0 Å². The number of imide groups is 1. The number of likely N-dealkylation sites (tertiary alicyclic amines) is 1. The number of aliphatic imine (C=N–C) groups is 1. The van der Waals surface area contributed by atoms with Crippen LogP contribution in [-0.2, 0) is 9.59 Å². The zero-order chi connectivity index (χ0) is 20.8. The second-order valence-corrected chi connectivity index (χ2v) is 8.53. The Hall–Kier alpha value is -1.89. The lowest BCUT2D eigenvalue weighted by molar-refractivity contribution is -0.140. The highest BCUT2D eigenvalue weighted by molar-refractivity contribution is 6.06. The molecule has 1 heterocycles. The van der Waals surface area contributed by atoms with Gasteiger partial charge in [0.05, 0.1) is 11.8 Å². The molecule has 0 spiro atoms. The number of likely N-dealkylation sites (N-methyl/N-ethyl adjacent to an activating group) is 1. The van der Waals surface area contributed by atoms with Crippen LogP contribution < -0.4 is 10.6 Å². The zero-order valence-corrected chi connectivity index (χ0v) is 18.2. The maximum atomic E-state index is 12.7. The van der Waals surface area contributed by atoms with Crippen LogP contribution in [0.15, 0.2) is 17.1 Å². The molecule has 4 atom stereocenters. The summed E-state index contributed by atoms with van der Waals surface area (Å²) >= 11 is 0. The Labute approximate surface area is 175 Å². The van der Waals surface area contributed by atoms with Crippen LogP contribution in [0.25, 0.3) is 0 Å². The van der Waals surface area contributed by atoms with E-state index in [-0.39, 0.29) is 35.5 Å². The van der Waals surface area contributed by atoms with Gasteiger partial charge in [0.15, 0.2) is 5.96 Å². The van der Waals surface area contributed by atoms with E-state index in [4.69, 9.17) is 0 Å². The van der Waals surface area contributed by atoms with Gasteiger partial charge in [0, 0.05) is 32.7 Å². The predicted molar refractivity (Wildman–Crippen MR) is 115 cm³/mol. The van der Waals surface area contributed by atoms with E-state index in [9.17, 15) is 9.59 Å². The van der Waals surface area contributed by atoms with Gasteiger partial charge in [-0.2, -0.15) is 0 Å². The van der Waals surface area contributed by atoms with E-state index in [0.717, 1.165) is 38.6 Å². The van der Waals surface area contributed by atoms with Crippen molar-refractivity contribution < 1.29 is 9.59 Å². The van der Waals surface area contributed by atoms with Crippen LogP contribution in [0.4, 0.5) is 0 Å². The number of unbranched alkanes of at least 4 members (excludes halogenated alkanes) is 1. The molecular formula is C22H37N5O2. The molecule has 0 aromatic carbocycles. The fourth-order valence-electron chi connectivity index (χ4n) is 4.85. The number of carbonyl (C=O) groups is 2. The molecule has 1 saturated heterocycles. The number of amides is 2. The molecule has 0 radical (unpaired) electrons. The molecule has 1 aliphatic heterocycles. The van der Waals surface area contributed by atoms with Gasteiger partial charge >= 0.3 is 0 Å². The molecule has 1 saturated carbocycles. The molecule has 29 heavy (non-hydrogen) atoms. The zero-order valence-electron chi connectivity index (χ0n) is 18.2. The van der Waals surface area contributed by atoms with Gasteiger partial charge in [-0.25, -0.2) is 0 Å². The average Bonchev–Trinajstić information content (AvgIpc) is 3.38. The highest BCUT2D eigenvalue weighted by atomic mass is 16.2. The first kappa shape index (κ1) is 21.8. The number of nitrogens with one attached hydrogen (secondary N) is 2. The van der Waals surface area contributed by atoms with Gasteiger partial charge in [-0.15, -0.1) is 0 Å². The molecule has 2 bridgehead atoms. The molecule has 2 amide bonds. The highest BCUT2D eigenvalue weighted by Gasteiger charge is 2.58. The third-order valence-electron chi connectivity index (χ3n) is 6.39. The second-order valence-electron chi connectivity index (χ2n) is 8.53. The van der Waals surface area contributed by atoms with Crippen molar-refractivity contribution in [2.75, 3.05) is 46.3 Å². The number of fused-ring (bicyclic) bond motifs is 5. The molecule has 0 aromatic heterocycles. The van der Waals surface area contributed by atoms with Crippen LogP contribution in [-0.4, -0.2) is 73.9 Å². The van der Waals surface area contributed by atoms with E-state index in [1.807, 2.05) is 6.92 Å². The second kappa shape index (κ2) is 10.2. The Morgan fingerprint density at radius 3 is 2.41 bits per heavy atom. The smallest absolute Gasteiger partial charge is 0.233 e. The van der Waals surface area contributed by atoms with Gasteiger partial charge in [-0.3, -0.25) is 19.5 Å². The summed E-state index contributed by atoms with van der Waals surface area (Å²) in [6.07, 6.45) is 8.39. The number of hydrogen-bond donors (Lipinski definition) is 2. The van der Waals surface area contributed by atoms with Gasteiger partial charge in [0.2, 0.25) is 11.8 Å². The molecular weight excluding hydrogens is 366 g/mol. The third kappa shape index (κ3) is 5.00. The summed E-state index contributed by atoms with van der Waals surface area (Å²) < 4.78 is 0. The van der Waals surface area contributed by atoms with E-state index in [1.165, 1.54) is 17.7 Å². The van der Waals surface area contributed by atoms with Crippen LogP contribution in [0.5, 0.6) is 0 Å².